The third-order valence-electron chi connectivity index (χ3n) is 5.85. The minimum Gasteiger partial charge on any atom is -0.326 e. The Morgan fingerprint density at radius 1 is 1.18 bits per heavy atom. The standard InChI is InChI=1S/C23H30N4O5S/c1-17-5-8-21(9-6-17)33(31,32)24-15-19-4-3-12-26(16-19)13-11-23(28)25-22-10-7-20(27(29)30)14-18(22)2/h5-10,14,19,24H,3-4,11-13,15-16H2,1-2H3,(H,25,28). The number of likely N-dealkylation sites (tertiary alicyclic amines) is 1. The number of piperidine rings is 1. The van der Waals surface area contributed by atoms with Crippen LogP contribution < -0.4 is 10.0 Å². The number of rotatable bonds is 9. The lowest BCUT2D eigenvalue weighted by molar-refractivity contribution is -0.384. The van der Waals surface area contributed by atoms with Crippen LogP contribution in [0.1, 0.15) is 30.4 Å². The number of carbonyl (C=O) groups excluding carboxylic acids is 1. The molecule has 1 saturated heterocycles. The van der Waals surface area contributed by atoms with Crippen LogP contribution in [0.4, 0.5) is 11.4 Å². The number of nitrogens with zero attached hydrogens (tertiary/aromatic N) is 2. The number of anilines is 1. The molecule has 2 N–H and O–H groups in total. The molecule has 0 spiro atoms. The number of hydrogen-bond acceptors (Lipinski definition) is 6. The summed E-state index contributed by atoms with van der Waals surface area (Å²) in [6.07, 6.45) is 2.17. The molecule has 0 aliphatic carbocycles. The van der Waals surface area contributed by atoms with Gasteiger partial charge < -0.3 is 10.2 Å². The number of sulfonamides is 1. The third-order valence-corrected chi connectivity index (χ3v) is 7.29. The summed E-state index contributed by atoms with van der Waals surface area (Å²) in [6, 6.07) is 11.1. The number of benzene rings is 2. The molecule has 0 radical (unpaired) electrons. The molecule has 2 aromatic carbocycles. The van der Waals surface area contributed by atoms with E-state index in [1.807, 2.05) is 6.92 Å². The van der Waals surface area contributed by atoms with Gasteiger partial charge in [0, 0.05) is 43.9 Å². The van der Waals surface area contributed by atoms with Crippen LogP contribution in [-0.4, -0.2) is 50.3 Å². The molecular formula is C23H30N4O5S. The first-order chi connectivity index (χ1) is 15.6. The van der Waals surface area contributed by atoms with Gasteiger partial charge in [0.2, 0.25) is 15.9 Å². The first-order valence-corrected chi connectivity index (χ1v) is 12.5. The van der Waals surface area contributed by atoms with Gasteiger partial charge in [-0.25, -0.2) is 13.1 Å². The second-order valence-corrected chi connectivity index (χ2v) is 10.3. The Kier molecular flexibility index (Phi) is 8.17. The molecule has 0 saturated carbocycles. The van der Waals surface area contributed by atoms with E-state index in [-0.39, 0.29) is 28.8 Å². The minimum atomic E-state index is -3.54. The Hall–Kier alpha value is -2.82. The summed E-state index contributed by atoms with van der Waals surface area (Å²) in [6.45, 7) is 6.15. The highest BCUT2D eigenvalue weighted by Crippen LogP contribution is 2.22. The molecule has 178 valence electrons. The summed E-state index contributed by atoms with van der Waals surface area (Å²) in [7, 11) is -3.54. The topological polar surface area (TPSA) is 122 Å². The van der Waals surface area contributed by atoms with E-state index in [2.05, 4.69) is 14.9 Å². The lowest BCUT2D eigenvalue weighted by Gasteiger charge is -2.32. The van der Waals surface area contributed by atoms with Crippen molar-refractivity contribution in [2.45, 2.75) is 38.0 Å². The van der Waals surface area contributed by atoms with Gasteiger partial charge in [-0.3, -0.25) is 14.9 Å². The molecule has 10 heteroatoms. The Balaban J connectivity index is 1.46. The quantitative estimate of drug-likeness (QED) is 0.425. The molecule has 0 aromatic heterocycles. The number of hydrogen-bond donors (Lipinski definition) is 2. The van der Waals surface area contributed by atoms with Gasteiger partial charge in [0.1, 0.15) is 0 Å². The van der Waals surface area contributed by atoms with Crippen LogP contribution in [0.5, 0.6) is 0 Å². The largest absolute Gasteiger partial charge is 0.326 e. The number of carbonyl (C=O) groups is 1. The van der Waals surface area contributed by atoms with Crippen molar-refractivity contribution in [1.82, 2.24) is 9.62 Å². The molecule has 1 aliphatic heterocycles. The van der Waals surface area contributed by atoms with Gasteiger partial charge in [-0.2, -0.15) is 0 Å². The number of amides is 1. The number of nitro benzene ring substituents is 1. The van der Waals surface area contributed by atoms with Crippen molar-refractivity contribution >= 4 is 27.3 Å². The van der Waals surface area contributed by atoms with Gasteiger partial charge in [0.05, 0.1) is 9.82 Å². The average Bonchev–Trinajstić information content (AvgIpc) is 2.78. The second-order valence-electron chi connectivity index (χ2n) is 8.53. The van der Waals surface area contributed by atoms with E-state index in [4.69, 9.17) is 0 Å². The normalized spacial score (nSPS) is 17.0. The van der Waals surface area contributed by atoms with Crippen LogP contribution in [0.15, 0.2) is 47.4 Å². The number of aryl methyl sites for hydroxylation is 2. The van der Waals surface area contributed by atoms with Crippen molar-refractivity contribution in [3.63, 3.8) is 0 Å². The van der Waals surface area contributed by atoms with Crippen molar-refractivity contribution < 1.29 is 18.1 Å². The van der Waals surface area contributed by atoms with E-state index in [0.717, 1.165) is 31.5 Å². The van der Waals surface area contributed by atoms with Crippen molar-refractivity contribution in [3.05, 3.63) is 63.7 Å². The monoisotopic (exact) mass is 474 g/mol. The SMILES string of the molecule is Cc1ccc(S(=O)(=O)NCC2CCCN(CCC(=O)Nc3ccc([N+](=O)[O-])cc3C)C2)cc1. The van der Waals surface area contributed by atoms with Gasteiger partial charge in [-0.05, 0) is 62.9 Å². The Labute approximate surface area is 194 Å². The summed E-state index contributed by atoms with van der Waals surface area (Å²) >= 11 is 0. The van der Waals surface area contributed by atoms with E-state index in [1.165, 1.54) is 12.1 Å². The summed E-state index contributed by atoms with van der Waals surface area (Å²) in [5.74, 6) is 0.0214. The molecule has 2 aromatic rings. The van der Waals surface area contributed by atoms with Crippen molar-refractivity contribution in [2.24, 2.45) is 5.92 Å². The number of nitrogens with one attached hydrogen (secondary N) is 2. The highest BCUT2D eigenvalue weighted by molar-refractivity contribution is 7.89. The van der Waals surface area contributed by atoms with Crippen LogP contribution in [0.2, 0.25) is 0 Å². The van der Waals surface area contributed by atoms with Crippen molar-refractivity contribution in [1.29, 1.82) is 0 Å². The predicted octanol–water partition coefficient (Wildman–Crippen LogP) is 3.23. The number of nitro groups is 1. The van der Waals surface area contributed by atoms with Gasteiger partial charge >= 0.3 is 0 Å². The Bertz CT molecular complexity index is 1100. The molecule has 9 nitrogen and oxygen atoms in total. The minimum absolute atomic E-state index is 0.0112. The van der Waals surface area contributed by atoms with Gasteiger partial charge in [-0.1, -0.05) is 17.7 Å². The molecule has 1 atom stereocenters. The van der Waals surface area contributed by atoms with Gasteiger partial charge in [0.25, 0.3) is 5.69 Å². The van der Waals surface area contributed by atoms with E-state index < -0.39 is 14.9 Å². The molecule has 0 bridgehead atoms. The molecule has 1 heterocycles. The van der Waals surface area contributed by atoms with E-state index in [0.29, 0.717) is 24.3 Å². The lowest BCUT2D eigenvalue weighted by Crippen LogP contribution is -2.41. The fourth-order valence-corrected chi connectivity index (χ4v) is 5.04. The summed E-state index contributed by atoms with van der Waals surface area (Å²) in [5.41, 5.74) is 2.19. The molecule has 33 heavy (non-hydrogen) atoms. The average molecular weight is 475 g/mol. The zero-order valence-electron chi connectivity index (χ0n) is 18.9. The maximum atomic E-state index is 12.5. The van der Waals surface area contributed by atoms with Crippen molar-refractivity contribution in [2.75, 3.05) is 31.5 Å². The van der Waals surface area contributed by atoms with Crippen LogP contribution in [-0.2, 0) is 14.8 Å². The Morgan fingerprint density at radius 2 is 1.91 bits per heavy atom. The first-order valence-electron chi connectivity index (χ1n) is 11.0. The summed E-state index contributed by atoms with van der Waals surface area (Å²) in [4.78, 5) is 25.2. The highest BCUT2D eigenvalue weighted by atomic mass is 32.2. The molecule has 3 rings (SSSR count). The third kappa shape index (κ3) is 7.08. The first kappa shape index (κ1) is 24.8. The lowest BCUT2D eigenvalue weighted by atomic mass is 9.98. The van der Waals surface area contributed by atoms with E-state index in [9.17, 15) is 23.3 Å². The van der Waals surface area contributed by atoms with Crippen LogP contribution in [0.25, 0.3) is 0 Å². The Morgan fingerprint density at radius 3 is 2.58 bits per heavy atom. The van der Waals surface area contributed by atoms with Crippen LogP contribution in [0, 0.1) is 29.9 Å². The second kappa shape index (κ2) is 10.9. The van der Waals surface area contributed by atoms with Gasteiger partial charge in [0.15, 0.2) is 0 Å². The smallest absolute Gasteiger partial charge is 0.269 e. The molecule has 1 aliphatic rings. The fraction of sp³-hybridized carbons (Fsp3) is 0.435. The van der Waals surface area contributed by atoms with Crippen LogP contribution >= 0.6 is 0 Å². The predicted molar refractivity (Wildman–Crippen MR) is 127 cm³/mol. The van der Waals surface area contributed by atoms with E-state index in [1.54, 1.807) is 37.3 Å². The molecular weight excluding hydrogens is 444 g/mol. The fourth-order valence-electron chi connectivity index (χ4n) is 3.92. The zero-order chi connectivity index (χ0) is 24.0. The summed E-state index contributed by atoms with van der Waals surface area (Å²) in [5, 5.41) is 13.7. The van der Waals surface area contributed by atoms with Crippen molar-refractivity contribution in [3.8, 4) is 0 Å². The highest BCUT2D eigenvalue weighted by Gasteiger charge is 2.23. The molecule has 1 amide bonds. The maximum Gasteiger partial charge on any atom is 0.269 e. The molecule has 1 fully saturated rings. The zero-order valence-corrected chi connectivity index (χ0v) is 19.7. The summed E-state index contributed by atoms with van der Waals surface area (Å²) < 4.78 is 27.8. The number of non-ortho nitro benzene ring substituents is 1. The molecule has 1 unspecified atom stereocenters. The van der Waals surface area contributed by atoms with E-state index >= 15 is 0 Å². The maximum absolute atomic E-state index is 12.5. The van der Waals surface area contributed by atoms with Crippen LogP contribution in [0.3, 0.4) is 0 Å². The van der Waals surface area contributed by atoms with Gasteiger partial charge in [-0.15, -0.1) is 0 Å².